The van der Waals surface area contributed by atoms with Gasteiger partial charge in [-0.15, -0.1) is 0 Å². The molecule has 3 rings (SSSR count). The lowest BCUT2D eigenvalue weighted by Gasteiger charge is -2.07. The van der Waals surface area contributed by atoms with Crippen LogP contribution >= 0.6 is 11.3 Å². The maximum Gasteiger partial charge on any atom is 0.239 e. The smallest absolute Gasteiger partial charge is 0.239 e. The Labute approximate surface area is 162 Å². The molecule has 0 aliphatic carbocycles. The third kappa shape index (κ3) is 4.64. The third-order valence-corrected chi connectivity index (χ3v) is 6.84. The zero-order chi connectivity index (χ0) is 19.4. The topological polar surface area (TPSA) is 88.2 Å². The molecule has 0 atom stereocenters. The van der Waals surface area contributed by atoms with Crippen LogP contribution in [-0.2, 0) is 21.1 Å². The molecule has 0 bridgehead atoms. The van der Waals surface area contributed by atoms with Gasteiger partial charge >= 0.3 is 0 Å². The molecule has 0 aliphatic rings. The van der Waals surface area contributed by atoms with E-state index in [1.54, 1.807) is 24.3 Å². The summed E-state index contributed by atoms with van der Waals surface area (Å²) in [4.78, 5) is 16.7. The molecule has 6 nitrogen and oxygen atoms in total. The van der Waals surface area contributed by atoms with Crippen molar-refractivity contribution < 1.29 is 13.2 Å². The van der Waals surface area contributed by atoms with Gasteiger partial charge in [-0.1, -0.05) is 48.1 Å². The second-order valence-electron chi connectivity index (χ2n) is 6.19. The lowest BCUT2D eigenvalue weighted by molar-refractivity contribution is -0.120. The van der Waals surface area contributed by atoms with Gasteiger partial charge in [0.05, 0.1) is 20.9 Å². The third-order valence-electron chi connectivity index (χ3n) is 4.17. The Hall–Kier alpha value is -2.45. The number of para-hydroxylation sites is 1. The van der Waals surface area contributed by atoms with Gasteiger partial charge in [0.2, 0.25) is 11.0 Å². The number of fused-ring (bicyclic) bond motifs is 1. The highest BCUT2D eigenvalue weighted by Gasteiger charge is 2.16. The van der Waals surface area contributed by atoms with E-state index in [0.29, 0.717) is 5.13 Å². The Kier molecular flexibility index (Phi) is 5.76. The van der Waals surface area contributed by atoms with E-state index in [0.717, 1.165) is 27.8 Å². The minimum atomic E-state index is -3.49. The number of hydrogen-bond acceptors (Lipinski definition) is 6. The molecule has 1 amide bonds. The van der Waals surface area contributed by atoms with E-state index < -0.39 is 15.7 Å². The number of aromatic nitrogens is 1. The van der Waals surface area contributed by atoms with Crippen molar-refractivity contribution in [3.8, 4) is 0 Å². The van der Waals surface area contributed by atoms with Crippen molar-refractivity contribution in [3.05, 3.63) is 53.6 Å². The summed E-state index contributed by atoms with van der Waals surface area (Å²) in [7, 11) is -3.49. The number of hydrazine groups is 1. The Morgan fingerprint density at radius 3 is 2.59 bits per heavy atom. The Morgan fingerprint density at radius 1 is 1.15 bits per heavy atom. The first-order valence-corrected chi connectivity index (χ1v) is 11.1. The maximum atomic E-state index is 12.3. The highest BCUT2D eigenvalue weighted by molar-refractivity contribution is 7.91. The van der Waals surface area contributed by atoms with Crippen LogP contribution in [0.15, 0.2) is 47.4 Å². The van der Waals surface area contributed by atoms with Crippen LogP contribution in [0.5, 0.6) is 0 Å². The predicted octanol–water partition coefficient (Wildman–Crippen LogP) is 3.47. The average Bonchev–Trinajstić information content (AvgIpc) is 3.08. The number of aryl methyl sites for hydroxylation is 2. The fourth-order valence-corrected chi connectivity index (χ4v) is 4.73. The van der Waals surface area contributed by atoms with E-state index in [2.05, 4.69) is 22.8 Å². The number of amides is 1. The molecule has 0 unspecified atom stereocenters. The van der Waals surface area contributed by atoms with Gasteiger partial charge in [-0.25, -0.2) is 13.4 Å². The molecule has 1 heterocycles. The number of nitrogens with zero attached hydrogens (tertiary/aromatic N) is 1. The van der Waals surface area contributed by atoms with Gasteiger partial charge in [0.1, 0.15) is 0 Å². The van der Waals surface area contributed by atoms with Crippen LogP contribution in [0, 0.1) is 6.92 Å². The second kappa shape index (κ2) is 8.06. The van der Waals surface area contributed by atoms with Crippen molar-refractivity contribution in [2.75, 3.05) is 11.2 Å². The van der Waals surface area contributed by atoms with Crippen LogP contribution in [0.1, 0.15) is 24.5 Å². The van der Waals surface area contributed by atoms with E-state index in [9.17, 15) is 13.2 Å². The summed E-state index contributed by atoms with van der Waals surface area (Å²) < 4.78 is 25.6. The summed E-state index contributed by atoms with van der Waals surface area (Å²) in [5, 5.41) is 0.570. The van der Waals surface area contributed by atoms with Crippen LogP contribution in [-0.4, -0.2) is 25.1 Å². The van der Waals surface area contributed by atoms with Gasteiger partial charge < -0.3 is 0 Å². The van der Waals surface area contributed by atoms with Gasteiger partial charge in [0, 0.05) is 6.42 Å². The van der Waals surface area contributed by atoms with Gasteiger partial charge in [0.15, 0.2) is 9.84 Å². The van der Waals surface area contributed by atoms with Crippen molar-refractivity contribution >= 4 is 42.4 Å². The number of thiazole rings is 1. The van der Waals surface area contributed by atoms with E-state index in [1.165, 1.54) is 11.3 Å². The molecule has 1 aromatic heterocycles. The van der Waals surface area contributed by atoms with Gasteiger partial charge in [-0.3, -0.25) is 15.6 Å². The van der Waals surface area contributed by atoms with Crippen LogP contribution in [0.25, 0.3) is 10.2 Å². The highest BCUT2D eigenvalue weighted by atomic mass is 32.2. The van der Waals surface area contributed by atoms with Crippen molar-refractivity contribution in [3.63, 3.8) is 0 Å². The Balaban J connectivity index is 1.57. The molecular weight excluding hydrogens is 382 g/mol. The van der Waals surface area contributed by atoms with Gasteiger partial charge in [0.25, 0.3) is 0 Å². The summed E-state index contributed by atoms with van der Waals surface area (Å²) >= 11 is 1.44. The molecule has 142 valence electrons. The fourth-order valence-electron chi connectivity index (χ4n) is 2.62. The van der Waals surface area contributed by atoms with Crippen molar-refractivity contribution in [2.24, 2.45) is 0 Å². The molecule has 8 heteroatoms. The molecular formula is C19H21N3O3S2. The number of anilines is 1. The second-order valence-corrected chi connectivity index (χ2v) is 9.33. The van der Waals surface area contributed by atoms with E-state index in [1.807, 2.05) is 25.1 Å². The van der Waals surface area contributed by atoms with E-state index >= 15 is 0 Å². The standard InChI is InChI=1S/C19H21N3O3S2/c1-3-14-5-4-6-16-18(14)20-19(26-16)22-21-17(23)11-12-27(24,25)15-9-7-13(2)8-10-15/h4-10H,3,11-12H2,1-2H3,(H,20,22)(H,21,23). The molecule has 27 heavy (non-hydrogen) atoms. The van der Waals surface area contributed by atoms with Gasteiger partial charge in [-0.05, 0) is 37.1 Å². The van der Waals surface area contributed by atoms with E-state index in [-0.39, 0.29) is 17.1 Å². The lowest BCUT2D eigenvalue weighted by Crippen LogP contribution is -2.30. The number of carbonyl (C=O) groups excluding carboxylic acids is 1. The SMILES string of the molecule is CCc1cccc2sc(NNC(=O)CCS(=O)(=O)c3ccc(C)cc3)nc12. The number of sulfone groups is 1. The summed E-state index contributed by atoms with van der Waals surface area (Å²) in [5.74, 6) is -0.649. The summed E-state index contributed by atoms with van der Waals surface area (Å²) in [6, 6.07) is 12.6. The Bertz CT molecular complexity index is 1060. The summed E-state index contributed by atoms with van der Waals surface area (Å²) in [6.07, 6.45) is 0.748. The first-order chi connectivity index (χ1) is 12.9. The van der Waals surface area contributed by atoms with Crippen LogP contribution in [0.2, 0.25) is 0 Å². The molecule has 0 saturated heterocycles. The Morgan fingerprint density at radius 2 is 1.89 bits per heavy atom. The first-order valence-electron chi connectivity index (χ1n) is 8.62. The monoisotopic (exact) mass is 403 g/mol. The average molecular weight is 404 g/mol. The fraction of sp³-hybridized carbons (Fsp3) is 0.263. The quantitative estimate of drug-likeness (QED) is 0.590. The lowest BCUT2D eigenvalue weighted by atomic mass is 10.1. The van der Waals surface area contributed by atoms with Crippen LogP contribution in [0.3, 0.4) is 0 Å². The largest absolute Gasteiger partial charge is 0.273 e. The molecule has 0 radical (unpaired) electrons. The maximum absolute atomic E-state index is 12.3. The van der Waals surface area contributed by atoms with Gasteiger partial charge in [-0.2, -0.15) is 0 Å². The number of hydrogen-bond donors (Lipinski definition) is 2. The van der Waals surface area contributed by atoms with Crippen molar-refractivity contribution in [2.45, 2.75) is 31.6 Å². The number of benzene rings is 2. The minimum Gasteiger partial charge on any atom is -0.273 e. The highest BCUT2D eigenvalue weighted by Crippen LogP contribution is 2.28. The number of rotatable bonds is 7. The number of nitrogens with one attached hydrogen (secondary N) is 2. The predicted molar refractivity (Wildman–Crippen MR) is 109 cm³/mol. The molecule has 2 N–H and O–H groups in total. The zero-order valence-corrected chi connectivity index (χ0v) is 16.8. The summed E-state index contributed by atoms with van der Waals surface area (Å²) in [5.41, 5.74) is 8.36. The van der Waals surface area contributed by atoms with Crippen molar-refractivity contribution in [1.82, 2.24) is 10.4 Å². The zero-order valence-electron chi connectivity index (χ0n) is 15.2. The number of carbonyl (C=O) groups is 1. The molecule has 0 fully saturated rings. The molecule has 0 aliphatic heterocycles. The van der Waals surface area contributed by atoms with Crippen LogP contribution in [0.4, 0.5) is 5.13 Å². The normalized spacial score (nSPS) is 11.5. The molecule has 0 saturated carbocycles. The van der Waals surface area contributed by atoms with Crippen LogP contribution < -0.4 is 10.9 Å². The van der Waals surface area contributed by atoms with Crippen molar-refractivity contribution in [1.29, 1.82) is 0 Å². The molecule has 3 aromatic rings. The minimum absolute atomic E-state index is 0.131. The summed E-state index contributed by atoms with van der Waals surface area (Å²) in [6.45, 7) is 3.96. The molecule has 0 spiro atoms. The van der Waals surface area contributed by atoms with E-state index in [4.69, 9.17) is 0 Å². The molecule has 2 aromatic carbocycles. The first kappa shape index (κ1) is 19.3.